The van der Waals surface area contributed by atoms with Crippen molar-refractivity contribution in [2.24, 2.45) is 5.41 Å². The second-order valence-corrected chi connectivity index (χ2v) is 6.11. The fourth-order valence-electron chi connectivity index (χ4n) is 3.25. The van der Waals surface area contributed by atoms with Crippen LogP contribution < -0.4 is 10.6 Å². The summed E-state index contributed by atoms with van der Waals surface area (Å²) < 4.78 is 0. The molecule has 0 bridgehead atoms. The van der Waals surface area contributed by atoms with E-state index in [-0.39, 0.29) is 17.4 Å². The first kappa shape index (κ1) is 16.0. The minimum absolute atomic E-state index is 0.141. The summed E-state index contributed by atoms with van der Waals surface area (Å²) in [6.07, 6.45) is 4.88. The Labute approximate surface area is 128 Å². The molecule has 2 rings (SSSR count). The third-order valence-corrected chi connectivity index (χ3v) is 4.80. The summed E-state index contributed by atoms with van der Waals surface area (Å²) in [6, 6.07) is 10.5. The molecule has 3 nitrogen and oxygen atoms in total. The Morgan fingerprint density at radius 2 is 1.90 bits per heavy atom. The van der Waals surface area contributed by atoms with Gasteiger partial charge in [-0.1, -0.05) is 50.6 Å². The highest BCUT2D eigenvalue weighted by atomic mass is 16.2. The van der Waals surface area contributed by atoms with Crippen LogP contribution in [0.25, 0.3) is 0 Å². The molecule has 116 valence electrons. The second kappa shape index (κ2) is 7.60. The molecule has 1 unspecified atom stereocenters. The number of carbonyl (C=O) groups excluding carboxylic acids is 1. The zero-order chi connectivity index (χ0) is 15.1. The molecule has 0 aliphatic carbocycles. The average Bonchev–Trinajstić information content (AvgIpc) is 2.55. The van der Waals surface area contributed by atoms with E-state index >= 15 is 0 Å². The molecule has 0 aromatic heterocycles. The molecule has 1 fully saturated rings. The standard InChI is InChI=1S/C18H28N2O/c1-3-8-16(15-9-6-5-7-10-15)20-17(21)18(4-2)11-13-19-14-12-18/h5-7,9-10,16,19H,3-4,8,11-14H2,1-2H3,(H,20,21). The van der Waals surface area contributed by atoms with Crippen LogP contribution >= 0.6 is 0 Å². The highest BCUT2D eigenvalue weighted by Gasteiger charge is 2.38. The summed E-state index contributed by atoms with van der Waals surface area (Å²) in [5.41, 5.74) is 1.04. The predicted molar refractivity (Wildman–Crippen MR) is 87.1 cm³/mol. The van der Waals surface area contributed by atoms with E-state index in [1.165, 1.54) is 5.56 Å². The third-order valence-electron chi connectivity index (χ3n) is 4.80. The van der Waals surface area contributed by atoms with Crippen molar-refractivity contribution in [3.63, 3.8) is 0 Å². The quantitative estimate of drug-likeness (QED) is 0.842. The number of piperidine rings is 1. The van der Waals surface area contributed by atoms with Gasteiger partial charge in [0.1, 0.15) is 0 Å². The van der Waals surface area contributed by atoms with E-state index in [4.69, 9.17) is 0 Å². The lowest BCUT2D eigenvalue weighted by Crippen LogP contribution is -2.48. The number of hydrogen-bond donors (Lipinski definition) is 2. The summed E-state index contributed by atoms with van der Waals surface area (Å²) in [7, 11) is 0. The van der Waals surface area contributed by atoms with Crippen LogP contribution in [0.3, 0.4) is 0 Å². The van der Waals surface area contributed by atoms with Gasteiger partial charge in [0, 0.05) is 0 Å². The number of carbonyl (C=O) groups is 1. The van der Waals surface area contributed by atoms with E-state index in [1.54, 1.807) is 0 Å². The molecular formula is C18H28N2O. The lowest BCUT2D eigenvalue weighted by atomic mass is 9.75. The van der Waals surface area contributed by atoms with Gasteiger partial charge in [-0.05, 0) is 44.3 Å². The first-order valence-corrected chi connectivity index (χ1v) is 8.28. The maximum Gasteiger partial charge on any atom is 0.226 e. The number of rotatable bonds is 6. The molecule has 1 aliphatic rings. The van der Waals surface area contributed by atoms with Crippen molar-refractivity contribution in [3.8, 4) is 0 Å². The summed E-state index contributed by atoms with van der Waals surface area (Å²) in [6.45, 7) is 6.21. The number of hydrogen-bond acceptors (Lipinski definition) is 2. The normalized spacial score (nSPS) is 19.0. The highest BCUT2D eigenvalue weighted by Crippen LogP contribution is 2.34. The Morgan fingerprint density at radius 3 is 2.48 bits per heavy atom. The fourth-order valence-corrected chi connectivity index (χ4v) is 3.25. The van der Waals surface area contributed by atoms with Crippen molar-refractivity contribution >= 4 is 5.91 Å². The van der Waals surface area contributed by atoms with Gasteiger partial charge in [0.25, 0.3) is 0 Å². The lowest BCUT2D eigenvalue weighted by Gasteiger charge is -2.36. The Hall–Kier alpha value is -1.35. The summed E-state index contributed by atoms with van der Waals surface area (Å²) in [4.78, 5) is 12.9. The minimum atomic E-state index is -0.175. The van der Waals surface area contributed by atoms with Gasteiger partial charge in [-0.25, -0.2) is 0 Å². The predicted octanol–water partition coefficient (Wildman–Crippen LogP) is 3.42. The maximum atomic E-state index is 12.9. The van der Waals surface area contributed by atoms with Gasteiger partial charge in [-0.15, -0.1) is 0 Å². The van der Waals surface area contributed by atoms with Crippen LogP contribution in [0.5, 0.6) is 0 Å². The Morgan fingerprint density at radius 1 is 1.24 bits per heavy atom. The zero-order valence-electron chi connectivity index (χ0n) is 13.3. The second-order valence-electron chi connectivity index (χ2n) is 6.11. The van der Waals surface area contributed by atoms with E-state index in [1.807, 2.05) is 18.2 Å². The van der Waals surface area contributed by atoms with Crippen molar-refractivity contribution in [3.05, 3.63) is 35.9 Å². The molecule has 0 radical (unpaired) electrons. The van der Waals surface area contributed by atoms with E-state index in [2.05, 4.69) is 36.6 Å². The SMILES string of the molecule is CCCC(NC(=O)C1(CC)CCNCC1)c1ccccc1. The molecule has 1 aromatic rings. The molecular weight excluding hydrogens is 260 g/mol. The van der Waals surface area contributed by atoms with Crippen LogP contribution in [0.1, 0.15) is 57.6 Å². The van der Waals surface area contributed by atoms with Crippen LogP contribution in [-0.4, -0.2) is 19.0 Å². The van der Waals surface area contributed by atoms with Crippen LogP contribution in [-0.2, 0) is 4.79 Å². The molecule has 0 saturated carbocycles. The van der Waals surface area contributed by atoms with Gasteiger partial charge in [-0.2, -0.15) is 0 Å². The molecule has 1 aromatic carbocycles. The molecule has 0 spiro atoms. The summed E-state index contributed by atoms with van der Waals surface area (Å²) in [5.74, 6) is 0.244. The summed E-state index contributed by atoms with van der Waals surface area (Å²) in [5, 5.41) is 6.69. The summed E-state index contributed by atoms with van der Waals surface area (Å²) >= 11 is 0. The van der Waals surface area contributed by atoms with Gasteiger partial charge >= 0.3 is 0 Å². The monoisotopic (exact) mass is 288 g/mol. The molecule has 1 atom stereocenters. The van der Waals surface area contributed by atoms with Crippen LogP contribution in [0, 0.1) is 5.41 Å². The number of benzene rings is 1. The van der Waals surface area contributed by atoms with E-state index in [9.17, 15) is 4.79 Å². The molecule has 3 heteroatoms. The van der Waals surface area contributed by atoms with Crippen molar-refractivity contribution in [1.29, 1.82) is 0 Å². The molecule has 2 N–H and O–H groups in total. The topological polar surface area (TPSA) is 41.1 Å². The first-order chi connectivity index (χ1) is 10.2. The van der Waals surface area contributed by atoms with Crippen molar-refractivity contribution in [2.75, 3.05) is 13.1 Å². The van der Waals surface area contributed by atoms with Crippen molar-refractivity contribution in [1.82, 2.24) is 10.6 Å². The van der Waals surface area contributed by atoms with Crippen LogP contribution in [0.2, 0.25) is 0 Å². The average molecular weight is 288 g/mol. The Balaban J connectivity index is 2.10. The Bertz CT molecular complexity index is 438. The lowest BCUT2D eigenvalue weighted by molar-refractivity contribution is -0.133. The number of amides is 1. The van der Waals surface area contributed by atoms with Crippen molar-refractivity contribution in [2.45, 2.75) is 52.0 Å². The minimum Gasteiger partial charge on any atom is -0.349 e. The smallest absolute Gasteiger partial charge is 0.226 e. The van der Waals surface area contributed by atoms with E-state index in [0.717, 1.165) is 45.2 Å². The van der Waals surface area contributed by atoms with Gasteiger partial charge < -0.3 is 10.6 Å². The van der Waals surface area contributed by atoms with Gasteiger partial charge in [0.15, 0.2) is 0 Å². The van der Waals surface area contributed by atoms with Crippen molar-refractivity contribution < 1.29 is 4.79 Å². The van der Waals surface area contributed by atoms with Crippen LogP contribution in [0.15, 0.2) is 30.3 Å². The molecule has 1 amide bonds. The molecule has 21 heavy (non-hydrogen) atoms. The maximum absolute atomic E-state index is 12.9. The fraction of sp³-hybridized carbons (Fsp3) is 0.611. The van der Waals surface area contributed by atoms with E-state index < -0.39 is 0 Å². The largest absolute Gasteiger partial charge is 0.349 e. The first-order valence-electron chi connectivity index (χ1n) is 8.28. The van der Waals surface area contributed by atoms with Crippen LogP contribution in [0.4, 0.5) is 0 Å². The third kappa shape index (κ3) is 3.85. The molecule has 1 heterocycles. The molecule has 1 aliphatic heterocycles. The van der Waals surface area contributed by atoms with Gasteiger partial charge in [0.2, 0.25) is 5.91 Å². The van der Waals surface area contributed by atoms with Gasteiger partial charge in [0.05, 0.1) is 11.5 Å². The van der Waals surface area contributed by atoms with Gasteiger partial charge in [-0.3, -0.25) is 4.79 Å². The Kier molecular flexibility index (Phi) is 5.80. The highest BCUT2D eigenvalue weighted by molar-refractivity contribution is 5.83. The number of nitrogens with one attached hydrogen (secondary N) is 2. The van der Waals surface area contributed by atoms with E-state index in [0.29, 0.717) is 0 Å². The zero-order valence-corrected chi connectivity index (χ0v) is 13.3. The molecule has 1 saturated heterocycles.